The predicted molar refractivity (Wildman–Crippen MR) is 82.1 cm³/mol. The molecule has 5 nitrogen and oxygen atoms in total. The molecule has 0 saturated heterocycles. The van der Waals surface area contributed by atoms with Gasteiger partial charge in [-0.15, -0.1) is 6.58 Å². The normalized spacial score (nSPS) is 12.3. The zero-order valence-electron chi connectivity index (χ0n) is 12.8. The van der Waals surface area contributed by atoms with Gasteiger partial charge >= 0.3 is 0 Å². The number of aryl methyl sites for hydroxylation is 1. The minimum atomic E-state index is -3.48. The Labute approximate surface area is 122 Å². The standard InChI is InChI=1S/C14H25N3O2S/c1-6-8-17(12(3)4)20(18,19)14-9-13(10-15-5)16(7-2)11-14/h6,9,11-12,15H,1,7-8,10H2,2-5H3. The summed E-state index contributed by atoms with van der Waals surface area (Å²) in [5.74, 6) is 0. The molecule has 6 heteroatoms. The van der Waals surface area contributed by atoms with Gasteiger partial charge < -0.3 is 9.88 Å². The summed E-state index contributed by atoms with van der Waals surface area (Å²) >= 11 is 0. The third-order valence-corrected chi connectivity index (χ3v) is 5.16. The molecule has 0 spiro atoms. The maximum Gasteiger partial charge on any atom is 0.245 e. The average Bonchev–Trinajstić information content (AvgIpc) is 2.79. The van der Waals surface area contributed by atoms with E-state index in [1.807, 2.05) is 32.4 Å². The fourth-order valence-electron chi connectivity index (χ4n) is 2.14. The fourth-order valence-corrected chi connectivity index (χ4v) is 3.81. The van der Waals surface area contributed by atoms with Gasteiger partial charge in [-0.05, 0) is 33.9 Å². The third-order valence-electron chi connectivity index (χ3n) is 3.15. The number of hydrogen-bond acceptors (Lipinski definition) is 3. The molecule has 0 aliphatic rings. The number of hydrogen-bond donors (Lipinski definition) is 1. The SMILES string of the molecule is C=CCN(C(C)C)S(=O)(=O)c1cc(CNC)n(CC)c1. The quantitative estimate of drug-likeness (QED) is 0.745. The van der Waals surface area contributed by atoms with Crippen LogP contribution >= 0.6 is 0 Å². The number of rotatable bonds is 8. The second kappa shape index (κ2) is 7.06. The molecular formula is C14H25N3O2S. The summed E-state index contributed by atoms with van der Waals surface area (Å²) in [6, 6.07) is 1.64. The van der Waals surface area contributed by atoms with Crippen LogP contribution < -0.4 is 5.32 Å². The van der Waals surface area contributed by atoms with Crippen molar-refractivity contribution in [1.82, 2.24) is 14.2 Å². The highest BCUT2D eigenvalue weighted by molar-refractivity contribution is 7.89. The van der Waals surface area contributed by atoms with Crippen molar-refractivity contribution in [2.75, 3.05) is 13.6 Å². The van der Waals surface area contributed by atoms with Crippen LogP contribution in [-0.2, 0) is 23.1 Å². The van der Waals surface area contributed by atoms with Crippen molar-refractivity contribution in [3.05, 3.63) is 30.6 Å². The van der Waals surface area contributed by atoms with Crippen LogP contribution in [0.15, 0.2) is 29.8 Å². The molecule has 1 aromatic heterocycles. The first kappa shape index (κ1) is 16.9. The fraction of sp³-hybridized carbons (Fsp3) is 0.571. The Hall–Kier alpha value is -1.11. The number of sulfonamides is 1. The first-order chi connectivity index (χ1) is 9.38. The molecule has 20 heavy (non-hydrogen) atoms. The molecule has 0 fully saturated rings. The zero-order chi connectivity index (χ0) is 15.3. The van der Waals surface area contributed by atoms with E-state index in [4.69, 9.17) is 0 Å². The van der Waals surface area contributed by atoms with Crippen LogP contribution in [0, 0.1) is 0 Å². The van der Waals surface area contributed by atoms with Gasteiger partial charge in [0.15, 0.2) is 0 Å². The molecule has 1 aromatic rings. The molecule has 114 valence electrons. The molecule has 0 unspecified atom stereocenters. The Balaban J connectivity index is 3.23. The molecule has 1 rings (SSSR count). The van der Waals surface area contributed by atoms with Crippen LogP contribution in [0.4, 0.5) is 0 Å². The van der Waals surface area contributed by atoms with Gasteiger partial charge in [-0.25, -0.2) is 8.42 Å². The van der Waals surface area contributed by atoms with Crippen molar-refractivity contribution in [3.8, 4) is 0 Å². The maximum absolute atomic E-state index is 12.7. The van der Waals surface area contributed by atoms with Crippen molar-refractivity contribution < 1.29 is 8.42 Å². The molecule has 1 heterocycles. The molecule has 0 saturated carbocycles. The van der Waals surface area contributed by atoms with Gasteiger partial charge in [-0.1, -0.05) is 6.08 Å². The summed E-state index contributed by atoms with van der Waals surface area (Å²) in [4.78, 5) is 0.347. The summed E-state index contributed by atoms with van der Waals surface area (Å²) in [7, 11) is -1.63. The summed E-state index contributed by atoms with van der Waals surface area (Å²) in [5, 5.41) is 3.06. The van der Waals surface area contributed by atoms with Crippen LogP contribution in [0.1, 0.15) is 26.5 Å². The molecular weight excluding hydrogens is 274 g/mol. The van der Waals surface area contributed by atoms with Crippen molar-refractivity contribution in [1.29, 1.82) is 0 Å². The van der Waals surface area contributed by atoms with E-state index >= 15 is 0 Å². The third kappa shape index (κ3) is 3.50. The Morgan fingerprint density at radius 2 is 2.15 bits per heavy atom. The van der Waals surface area contributed by atoms with Gasteiger partial charge in [0, 0.05) is 37.6 Å². The lowest BCUT2D eigenvalue weighted by molar-refractivity contribution is 0.383. The highest BCUT2D eigenvalue weighted by Crippen LogP contribution is 2.21. The molecule has 1 N–H and O–H groups in total. The van der Waals surface area contributed by atoms with Gasteiger partial charge in [-0.3, -0.25) is 0 Å². The molecule has 0 aliphatic carbocycles. The van der Waals surface area contributed by atoms with Crippen LogP contribution in [0.3, 0.4) is 0 Å². The molecule has 0 amide bonds. The lowest BCUT2D eigenvalue weighted by atomic mass is 10.4. The van der Waals surface area contributed by atoms with E-state index < -0.39 is 10.0 Å². The van der Waals surface area contributed by atoms with E-state index in [9.17, 15) is 8.42 Å². The largest absolute Gasteiger partial charge is 0.349 e. The second-order valence-electron chi connectivity index (χ2n) is 4.94. The van der Waals surface area contributed by atoms with E-state index in [1.54, 1.807) is 18.3 Å². The maximum atomic E-state index is 12.7. The predicted octanol–water partition coefficient (Wildman–Crippen LogP) is 1.81. The first-order valence-corrected chi connectivity index (χ1v) is 8.28. The summed E-state index contributed by atoms with van der Waals surface area (Å²) in [6.45, 7) is 11.1. The van der Waals surface area contributed by atoms with Crippen molar-refractivity contribution in [2.24, 2.45) is 0 Å². The van der Waals surface area contributed by atoms with Gasteiger partial charge in [0.25, 0.3) is 0 Å². The highest BCUT2D eigenvalue weighted by atomic mass is 32.2. The molecule has 0 aromatic carbocycles. The molecule has 0 atom stereocenters. The second-order valence-corrected chi connectivity index (χ2v) is 6.83. The van der Waals surface area contributed by atoms with E-state index in [-0.39, 0.29) is 6.04 Å². The Morgan fingerprint density at radius 3 is 2.60 bits per heavy atom. The Kier molecular flexibility index (Phi) is 5.98. The monoisotopic (exact) mass is 299 g/mol. The number of aromatic nitrogens is 1. The average molecular weight is 299 g/mol. The smallest absolute Gasteiger partial charge is 0.245 e. The van der Waals surface area contributed by atoms with Crippen LogP contribution in [0.5, 0.6) is 0 Å². The van der Waals surface area contributed by atoms with Crippen molar-refractivity contribution in [2.45, 2.75) is 44.8 Å². The summed E-state index contributed by atoms with van der Waals surface area (Å²) in [6.07, 6.45) is 3.32. The number of nitrogens with zero attached hydrogens (tertiary/aromatic N) is 2. The Bertz CT molecular complexity index is 547. The van der Waals surface area contributed by atoms with Crippen molar-refractivity contribution >= 4 is 10.0 Å². The van der Waals surface area contributed by atoms with E-state index in [0.717, 1.165) is 12.2 Å². The topological polar surface area (TPSA) is 54.3 Å². The van der Waals surface area contributed by atoms with E-state index in [2.05, 4.69) is 11.9 Å². The zero-order valence-corrected chi connectivity index (χ0v) is 13.6. The Morgan fingerprint density at radius 1 is 1.50 bits per heavy atom. The van der Waals surface area contributed by atoms with Gasteiger partial charge in [-0.2, -0.15) is 4.31 Å². The van der Waals surface area contributed by atoms with E-state index in [1.165, 1.54) is 4.31 Å². The highest BCUT2D eigenvalue weighted by Gasteiger charge is 2.27. The molecule has 0 aliphatic heterocycles. The minimum absolute atomic E-state index is 0.101. The van der Waals surface area contributed by atoms with Crippen LogP contribution in [0.25, 0.3) is 0 Å². The van der Waals surface area contributed by atoms with Gasteiger partial charge in [0.1, 0.15) is 4.90 Å². The van der Waals surface area contributed by atoms with Crippen LogP contribution in [-0.4, -0.2) is 36.9 Å². The minimum Gasteiger partial charge on any atom is -0.349 e. The lowest BCUT2D eigenvalue weighted by Gasteiger charge is -2.23. The number of nitrogens with one attached hydrogen (secondary N) is 1. The molecule has 0 radical (unpaired) electrons. The van der Waals surface area contributed by atoms with Crippen LogP contribution in [0.2, 0.25) is 0 Å². The van der Waals surface area contributed by atoms with Gasteiger partial charge in [0.05, 0.1) is 0 Å². The van der Waals surface area contributed by atoms with Crippen molar-refractivity contribution in [3.63, 3.8) is 0 Å². The summed E-state index contributed by atoms with van der Waals surface area (Å²) < 4.78 is 28.8. The lowest BCUT2D eigenvalue weighted by Crippen LogP contribution is -2.36. The molecule has 0 bridgehead atoms. The van der Waals surface area contributed by atoms with Gasteiger partial charge in [0.2, 0.25) is 10.0 Å². The summed E-state index contributed by atoms with van der Waals surface area (Å²) in [5.41, 5.74) is 0.968. The first-order valence-electron chi connectivity index (χ1n) is 6.84. The van der Waals surface area contributed by atoms with E-state index in [0.29, 0.717) is 18.0 Å².